The Hall–Kier alpha value is -1.80. The lowest BCUT2D eigenvalue weighted by Crippen LogP contribution is -3.11. The van der Waals surface area contributed by atoms with Crippen LogP contribution in [0, 0.1) is 5.92 Å². The fraction of sp³-hybridized carbons (Fsp3) is 0.556. The number of rotatable bonds is 8. The van der Waals surface area contributed by atoms with Gasteiger partial charge in [0.2, 0.25) is 0 Å². The van der Waals surface area contributed by atoms with Crippen LogP contribution in [-0.4, -0.2) is 55.6 Å². The Bertz CT molecular complexity index is 663. The van der Waals surface area contributed by atoms with Crippen LogP contribution in [0.15, 0.2) is 24.3 Å². The zero-order valence-corrected chi connectivity index (χ0v) is 16.0. The third-order valence-corrected chi connectivity index (χ3v) is 4.76. The third kappa shape index (κ3) is 7.38. The summed E-state index contributed by atoms with van der Waals surface area (Å²) in [6, 6.07) is 6.10. The molecule has 0 radical (unpaired) electrons. The monoisotopic (exact) mass is 406 g/mol. The summed E-state index contributed by atoms with van der Waals surface area (Å²) in [5, 5.41) is 3.21. The van der Waals surface area contributed by atoms with E-state index in [1.807, 2.05) is 0 Å². The molecule has 1 aromatic rings. The van der Waals surface area contributed by atoms with Gasteiger partial charge in [0, 0.05) is 16.8 Å². The van der Waals surface area contributed by atoms with Crippen LogP contribution in [0.5, 0.6) is 0 Å². The number of nitrogens with one attached hydrogen (secondary N) is 2. The van der Waals surface area contributed by atoms with E-state index in [1.165, 1.54) is 0 Å². The van der Waals surface area contributed by atoms with Crippen LogP contribution in [-0.2, 0) is 9.59 Å². The van der Waals surface area contributed by atoms with Crippen LogP contribution in [0.4, 0.5) is 18.9 Å². The molecule has 1 unspecified atom stereocenters. The number of nitrogens with zero attached hydrogens (tertiary/aromatic N) is 1. The first-order chi connectivity index (χ1) is 12.5. The zero-order chi connectivity index (χ0) is 20.2. The van der Waals surface area contributed by atoms with Crippen molar-refractivity contribution in [2.75, 3.05) is 32.0 Å². The number of carbonyl (C=O) groups is 2. The van der Waals surface area contributed by atoms with E-state index < -0.39 is 24.7 Å². The number of amides is 2. The number of hydrogen-bond acceptors (Lipinski definition) is 2. The quantitative estimate of drug-likeness (QED) is 0.693. The molecule has 2 rings (SSSR count). The summed E-state index contributed by atoms with van der Waals surface area (Å²) >= 11 is 5.78. The minimum absolute atomic E-state index is 0.0357. The Balaban J connectivity index is 1.89. The van der Waals surface area contributed by atoms with Gasteiger partial charge in [-0.1, -0.05) is 11.6 Å². The van der Waals surface area contributed by atoms with Crippen molar-refractivity contribution in [1.29, 1.82) is 0 Å². The number of quaternary nitrogens is 1. The van der Waals surface area contributed by atoms with Gasteiger partial charge in [0.15, 0.2) is 13.1 Å². The van der Waals surface area contributed by atoms with Gasteiger partial charge in [-0.25, -0.2) is 0 Å². The third-order valence-electron chi connectivity index (χ3n) is 4.51. The fourth-order valence-corrected chi connectivity index (χ4v) is 3.05. The molecule has 0 saturated heterocycles. The molecule has 2 atom stereocenters. The van der Waals surface area contributed by atoms with Gasteiger partial charge in [0.25, 0.3) is 11.8 Å². The molecule has 150 valence electrons. The smallest absolute Gasteiger partial charge is 0.326 e. The molecule has 1 aliphatic carbocycles. The van der Waals surface area contributed by atoms with Crippen LogP contribution in [0.1, 0.15) is 19.8 Å². The molecule has 0 heterocycles. The lowest BCUT2D eigenvalue weighted by molar-refractivity contribution is -0.862. The average molecular weight is 407 g/mol. The maximum Gasteiger partial charge on any atom is 0.406 e. The molecule has 2 N–H and O–H groups in total. The lowest BCUT2D eigenvalue weighted by atomic mass is 10.1. The van der Waals surface area contributed by atoms with Crippen molar-refractivity contribution in [1.82, 2.24) is 4.90 Å². The topological polar surface area (TPSA) is 53.9 Å². The van der Waals surface area contributed by atoms with Gasteiger partial charge in [-0.3, -0.25) is 9.59 Å². The van der Waals surface area contributed by atoms with Crippen molar-refractivity contribution in [2.45, 2.75) is 32.0 Å². The summed E-state index contributed by atoms with van der Waals surface area (Å²) in [5.41, 5.74) is 0.560. The zero-order valence-electron chi connectivity index (χ0n) is 15.3. The van der Waals surface area contributed by atoms with E-state index in [4.69, 9.17) is 11.6 Å². The Morgan fingerprint density at radius 2 is 1.85 bits per heavy atom. The summed E-state index contributed by atoms with van der Waals surface area (Å²) in [6.45, 7) is 0.185. The minimum atomic E-state index is -4.45. The molecule has 2 amide bonds. The first-order valence-corrected chi connectivity index (χ1v) is 9.16. The van der Waals surface area contributed by atoms with E-state index in [0.717, 1.165) is 17.7 Å². The van der Waals surface area contributed by atoms with Crippen LogP contribution in [0.2, 0.25) is 5.02 Å². The molecule has 0 aromatic heterocycles. The maximum atomic E-state index is 12.9. The van der Waals surface area contributed by atoms with E-state index in [9.17, 15) is 22.8 Å². The average Bonchev–Trinajstić information content (AvgIpc) is 3.38. The summed E-state index contributed by atoms with van der Waals surface area (Å²) in [5.74, 6) is -0.798. The predicted molar refractivity (Wildman–Crippen MR) is 96.7 cm³/mol. The van der Waals surface area contributed by atoms with Gasteiger partial charge in [-0.15, -0.1) is 0 Å². The van der Waals surface area contributed by atoms with Gasteiger partial charge < -0.3 is 15.1 Å². The largest absolute Gasteiger partial charge is 0.406 e. The highest BCUT2D eigenvalue weighted by atomic mass is 35.5. The van der Waals surface area contributed by atoms with E-state index in [2.05, 4.69) is 5.32 Å². The second-order valence-electron chi connectivity index (χ2n) is 7.08. The van der Waals surface area contributed by atoms with Gasteiger partial charge in [-0.2, -0.15) is 13.2 Å². The lowest BCUT2D eigenvalue weighted by Gasteiger charge is -2.30. The molecule has 27 heavy (non-hydrogen) atoms. The van der Waals surface area contributed by atoms with Crippen molar-refractivity contribution in [3.63, 3.8) is 0 Å². The molecule has 0 spiro atoms. The number of halogens is 4. The van der Waals surface area contributed by atoms with Gasteiger partial charge in [0.05, 0.1) is 7.05 Å². The van der Waals surface area contributed by atoms with Gasteiger partial charge >= 0.3 is 6.18 Å². The normalized spacial score (nSPS) is 16.5. The molecule has 9 heteroatoms. The summed E-state index contributed by atoms with van der Waals surface area (Å²) in [6.07, 6.45) is -2.76. The molecular weight excluding hydrogens is 383 g/mol. The van der Waals surface area contributed by atoms with Crippen molar-refractivity contribution in [3.8, 4) is 0 Å². The number of hydrogen-bond donors (Lipinski definition) is 2. The molecule has 1 aromatic carbocycles. The second-order valence-corrected chi connectivity index (χ2v) is 7.52. The molecule has 5 nitrogen and oxygen atoms in total. The standard InChI is InChI=1S/C18H23ClF3N3O2/c1-12(13-3-4-13)25(11-18(20,21)22)17(27)10-24(2)9-16(26)23-15-7-5-14(19)6-8-15/h5-8,12-13H,3-4,9-11H2,1-2H3,(H,23,26)/p+1/t12-/m0/s1. The van der Waals surface area contributed by atoms with E-state index >= 15 is 0 Å². The molecular formula is C18H24ClF3N3O2+. The Labute approximate surface area is 161 Å². The van der Waals surface area contributed by atoms with Crippen LogP contribution < -0.4 is 10.2 Å². The Kier molecular flexibility index (Phi) is 7.11. The maximum absolute atomic E-state index is 12.9. The fourth-order valence-electron chi connectivity index (χ4n) is 2.92. The van der Waals surface area contributed by atoms with Gasteiger partial charge in [-0.05, 0) is 49.9 Å². The van der Waals surface area contributed by atoms with E-state index in [1.54, 1.807) is 38.2 Å². The van der Waals surface area contributed by atoms with Crippen molar-refractivity contribution in [3.05, 3.63) is 29.3 Å². The molecule has 0 bridgehead atoms. The van der Waals surface area contributed by atoms with Crippen molar-refractivity contribution >= 4 is 29.1 Å². The Morgan fingerprint density at radius 1 is 1.26 bits per heavy atom. The number of alkyl halides is 3. The minimum Gasteiger partial charge on any atom is -0.326 e. The van der Waals surface area contributed by atoms with Crippen LogP contribution >= 0.6 is 11.6 Å². The first-order valence-electron chi connectivity index (χ1n) is 8.78. The Morgan fingerprint density at radius 3 is 2.37 bits per heavy atom. The highest BCUT2D eigenvalue weighted by Gasteiger charge is 2.41. The van der Waals surface area contributed by atoms with Crippen LogP contribution in [0.25, 0.3) is 0 Å². The highest BCUT2D eigenvalue weighted by Crippen LogP contribution is 2.36. The molecule has 1 aliphatic rings. The van der Waals surface area contributed by atoms with Crippen LogP contribution in [0.3, 0.4) is 0 Å². The van der Waals surface area contributed by atoms with Crippen molar-refractivity contribution < 1.29 is 27.7 Å². The number of benzene rings is 1. The van der Waals surface area contributed by atoms with E-state index in [0.29, 0.717) is 15.6 Å². The van der Waals surface area contributed by atoms with Gasteiger partial charge in [0.1, 0.15) is 6.54 Å². The summed E-state index contributed by atoms with van der Waals surface area (Å²) < 4.78 is 38.6. The van der Waals surface area contributed by atoms with Crippen molar-refractivity contribution in [2.24, 2.45) is 5.92 Å². The molecule has 0 aliphatic heterocycles. The molecule has 1 fully saturated rings. The van der Waals surface area contributed by atoms with E-state index in [-0.39, 0.29) is 24.9 Å². The number of carbonyl (C=O) groups excluding carboxylic acids is 2. The number of likely N-dealkylation sites (N-methyl/N-ethyl adjacent to an activating group) is 1. The summed E-state index contributed by atoms with van der Waals surface area (Å²) in [4.78, 5) is 25.9. The summed E-state index contributed by atoms with van der Waals surface area (Å²) in [7, 11) is 1.60. The SMILES string of the molecule is C[C@@H](C1CC1)N(CC(F)(F)F)C(=O)C[NH+](C)CC(=O)Nc1ccc(Cl)cc1. The number of anilines is 1. The predicted octanol–water partition coefficient (Wildman–Crippen LogP) is 1.98. The first kappa shape index (κ1) is 21.5. The molecule has 1 saturated carbocycles. The highest BCUT2D eigenvalue weighted by molar-refractivity contribution is 6.30. The second kappa shape index (κ2) is 8.93.